The van der Waals surface area contributed by atoms with Crippen molar-refractivity contribution in [3.63, 3.8) is 0 Å². The molecule has 0 spiro atoms. The maximum absolute atomic E-state index is 12.0. The van der Waals surface area contributed by atoms with Crippen molar-refractivity contribution >= 4 is 38.0 Å². The topological polar surface area (TPSA) is 109 Å². The van der Waals surface area contributed by atoms with E-state index in [-0.39, 0.29) is 0 Å². The molecule has 0 bridgehead atoms. The van der Waals surface area contributed by atoms with Gasteiger partial charge in [-0.25, -0.2) is 18.4 Å². The Labute approximate surface area is 203 Å². The normalized spacial score (nSPS) is 17.9. The van der Waals surface area contributed by atoms with Gasteiger partial charge >= 0.3 is 0 Å². The van der Waals surface area contributed by atoms with Crippen LogP contribution in [0, 0.1) is 6.92 Å². The first-order valence-corrected chi connectivity index (χ1v) is 13.5. The van der Waals surface area contributed by atoms with E-state index in [4.69, 9.17) is 14.7 Å². The quantitative estimate of drug-likeness (QED) is 0.465. The van der Waals surface area contributed by atoms with Crippen molar-refractivity contribution in [2.24, 2.45) is 0 Å². The predicted molar refractivity (Wildman–Crippen MR) is 135 cm³/mol. The molecule has 0 amide bonds. The van der Waals surface area contributed by atoms with Crippen LogP contribution in [0.15, 0.2) is 36.7 Å². The van der Waals surface area contributed by atoms with E-state index in [1.54, 1.807) is 0 Å². The number of benzene rings is 1. The van der Waals surface area contributed by atoms with Crippen molar-refractivity contribution in [2.75, 3.05) is 50.5 Å². The van der Waals surface area contributed by atoms with E-state index in [1.165, 1.54) is 10.6 Å². The molecular weight excluding hydrogens is 466 g/mol. The lowest BCUT2D eigenvalue weighted by molar-refractivity contribution is 0.122. The van der Waals surface area contributed by atoms with Crippen molar-refractivity contribution in [3.05, 3.63) is 48.1 Å². The number of ether oxygens (including phenoxy) is 1. The van der Waals surface area contributed by atoms with E-state index < -0.39 is 10.0 Å². The molecule has 1 saturated heterocycles. The fourth-order valence-electron chi connectivity index (χ4n) is 5.01. The summed E-state index contributed by atoms with van der Waals surface area (Å²) in [6.45, 7) is 5.61. The summed E-state index contributed by atoms with van der Waals surface area (Å²) in [7, 11) is -3.22. The Morgan fingerprint density at radius 2 is 1.94 bits per heavy atom. The highest BCUT2D eigenvalue weighted by atomic mass is 32.2. The Morgan fingerprint density at radius 1 is 1.11 bits per heavy atom. The van der Waals surface area contributed by atoms with Crippen molar-refractivity contribution in [1.29, 1.82) is 0 Å². The molecule has 1 fully saturated rings. The molecule has 35 heavy (non-hydrogen) atoms. The molecule has 1 aromatic carbocycles. The van der Waals surface area contributed by atoms with Gasteiger partial charge in [0.05, 0.1) is 48.3 Å². The minimum atomic E-state index is -3.22. The highest BCUT2D eigenvalue weighted by molar-refractivity contribution is 7.88. The average molecular weight is 494 g/mol. The Bertz CT molecular complexity index is 1560. The summed E-state index contributed by atoms with van der Waals surface area (Å²) in [5.41, 5.74) is 6.58. The van der Waals surface area contributed by atoms with Crippen LogP contribution in [0.5, 0.6) is 0 Å². The molecule has 2 aliphatic rings. The van der Waals surface area contributed by atoms with Crippen LogP contribution in [-0.2, 0) is 14.8 Å². The third-order valence-corrected chi connectivity index (χ3v) is 8.05. The van der Waals surface area contributed by atoms with E-state index in [1.807, 2.05) is 37.5 Å². The number of nitrogens with zero attached hydrogens (tertiary/aromatic N) is 6. The number of sulfonamides is 1. The summed E-state index contributed by atoms with van der Waals surface area (Å²) < 4.78 is 33.2. The van der Waals surface area contributed by atoms with Crippen molar-refractivity contribution in [1.82, 2.24) is 28.9 Å². The largest absolute Gasteiger partial charge is 0.378 e. The van der Waals surface area contributed by atoms with Crippen LogP contribution in [0.3, 0.4) is 0 Å². The molecule has 1 N–H and O–H groups in total. The van der Waals surface area contributed by atoms with Gasteiger partial charge in [0.25, 0.3) is 0 Å². The predicted octanol–water partition coefficient (Wildman–Crippen LogP) is 2.47. The van der Waals surface area contributed by atoms with E-state index in [0.29, 0.717) is 32.7 Å². The SMILES string of the molecule is Cc1nc2c(N3CCOCC3)nc(-c3cccc4[nH]ncc34)cn2c1C1=CCN(S(C)(=O)=O)CC1. The molecule has 6 rings (SSSR count). The van der Waals surface area contributed by atoms with Gasteiger partial charge in [0.1, 0.15) is 0 Å². The maximum Gasteiger partial charge on any atom is 0.211 e. The van der Waals surface area contributed by atoms with Crippen LogP contribution >= 0.6 is 0 Å². The Balaban J connectivity index is 1.55. The Morgan fingerprint density at radius 3 is 2.69 bits per heavy atom. The van der Waals surface area contributed by atoms with Crippen molar-refractivity contribution in [2.45, 2.75) is 13.3 Å². The fourth-order valence-corrected chi connectivity index (χ4v) is 5.78. The molecule has 0 aliphatic carbocycles. The van der Waals surface area contributed by atoms with Gasteiger partial charge in [0.15, 0.2) is 11.5 Å². The molecule has 0 unspecified atom stereocenters. The lowest BCUT2D eigenvalue weighted by atomic mass is 10.0. The van der Waals surface area contributed by atoms with Crippen molar-refractivity contribution in [3.8, 4) is 11.3 Å². The van der Waals surface area contributed by atoms with E-state index >= 15 is 0 Å². The Kier molecular flexibility index (Phi) is 5.35. The number of aromatic amines is 1. The lowest BCUT2D eigenvalue weighted by Gasteiger charge is -2.28. The van der Waals surface area contributed by atoms with Gasteiger partial charge in [-0.1, -0.05) is 18.2 Å². The second-order valence-electron chi connectivity index (χ2n) is 9.03. The van der Waals surface area contributed by atoms with Gasteiger partial charge in [-0.3, -0.25) is 9.50 Å². The van der Waals surface area contributed by atoms with Gasteiger partial charge in [0.2, 0.25) is 10.0 Å². The zero-order chi connectivity index (χ0) is 24.2. The summed E-state index contributed by atoms with van der Waals surface area (Å²) in [6.07, 6.45) is 7.76. The third-order valence-electron chi connectivity index (χ3n) is 6.78. The summed E-state index contributed by atoms with van der Waals surface area (Å²) in [5.74, 6) is 0.829. The van der Waals surface area contributed by atoms with Gasteiger partial charge in [-0.15, -0.1) is 0 Å². The molecule has 5 heterocycles. The zero-order valence-corrected chi connectivity index (χ0v) is 20.5. The maximum atomic E-state index is 12.0. The minimum Gasteiger partial charge on any atom is -0.378 e. The first-order valence-electron chi connectivity index (χ1n) is 11.7. The number of rotatable bonds is 4. The third kappa shape index (κ3) is 3.89. The van der Waals surface area contributed by atoms with Gasteiger partial charge in [0, 0.05) is 43.3 Å². The molecule has 0 atom stereocenters. The van der Waals surface area contributed by atoms with E-state index in [9.17, 15) is 8.42 Å². The van der Waals surface area contributed by atoms with Gasteiger partial charge in [-0.2, -0.15) is 9.40 Å². The van der Waals surface area contributed by atoms with Crippen LogP contribution in [0.2, 0.25) is 0 Å². The second-order valence-corrected chi connectivity index (χ2v) is 11.0. The van der Waals surface area contributed by atoms with Crippen LogP contribution in [0.4, 0.5) is 5.82 Å². The zero-order valence-electron chi connectivity index (χ0n) is 19.7. The number of nitrogens with one attached hydrogen (secondary N) is 1. The first kappa shape index (κ1) is 22.2. The van der Waals surface area contributed by atoms with Gasteiger partial charge in [-0.05, 0) is 25.0 Å². The number of H-pyrrole nitrogens is 1. The Hall–Kier alpha value is -3.28. The van der Waals surface area contributed by atoms with E-state index in [2.05, 4.69) is 25.6 Å². The van der Waals surface area contributed by atoms with E-state index in [0.717, 1.165) is 63.7 Å². The van der Waals surface area contributed by atoms with Crippen LogP contribution in [-0.4, -0.2) is 82.9 Å². The molecule has 0 saturated carbocycles. The average Bonchev–Trinajstić information content (AvgIpc) is 3.47. The highest BCUT2D eigenvalue weighted by Gasteiger charge is 2.26. The number of hydrogen-bond acceptors (Lipinski definition) is 7. The lowest BCUT2D eigenvalue weighted by Crippen LogP contribution is -2.37. The number of imidazole rings is 1. The fraction of sp³-hybridized carbons (Fsp3) is 0.375. The smallest absolute Gasteiger partial charge is 0.211 e. The number of morpholine rings is 1. The minimum absolute atomic E-state index is 0.365. The number of aryl methyl sites for hydroxylation is 1. The second kappa shape index (κ2) is 8.43. The number of aromatic nitrogens is 5. The summed E-state index contributed by atoms with van der Waals surface area (Å²) >= 11 is 0. The molecule has 4 aromatic rings. The first-order chi connectivity index (χ1) is 16.9. The molecular formula is C24H27N7O3S. The monoisotopic (exact) mass is 493 g/mol. The van der Waals surface area contributed by atoms with Gasteiger partial charge < -0.3 is 9.64 Å². The van der Waals surface area contributed by atoms with Crippen LogP contribution < -0.4 is 4.90 Å². The molecule has 11 heteroatoms. The number of anilines is 1. The molecule has 10 nitrogen and oxygen atoms in total. The summed E-state index contributed by atoms with van der Waals surface area (Å²) in [5, 5.41) is 8.27. The summed E-state index contributed by atoms with van der Waals surface area (Å²) in [4.78, 5) is 12.3. The number of hydrogen-bond donors (Lipinski definition) is 1. The molecule has 182 valence electrons. The molecule has 2 aliphatic heterocycles. The number of fused-ring (bicyclic) bond motifs is 2. The molecule has 0 radical (unpaired) electrons. The van der Waals surface area contributed by atoms with Crippen molar-refractivity contribution < 1.29 is 13.2 Å². The van der Waals surface area contributed by atoms with Crippen LogP contribution in [0.25, 0.3) is 33.4 Å². The van der Waals surface area contributed by atoms with Crippen LogP contribution in [0.1, 0.15) is 17.8 Å². The standard InChI is InChI=1S/C24H27N7O3S/c1-16-22(17-6-8-30(9-7-17)35(2,32)33)31-15-21(18-4-3-5-20-19(18)14-25-28-20)27-23(24(31)26-16)29-10-12-34-13-11-29/h3-6,14-15H,7-13H2,1-2H3,(H,25,28). The molecule has 3 aromatic heterocycles. The summed E-state index contributed by atoms with van der Waals surface area (Å²) in [6, 6.07) is 6.06. The highest BCUT2D eigenvalue weighted by Crippen LogP contribution is 2.34.